The molecule has 1 saturated heterocycles. The summed E-state index contributed by atoms with van der Waals surface area (Å²) in [5, 5.41) is 11.7. The summed E-state index contributed by atoms with van der Waals surface area (Å²) >= 11 is 0. The molecule has 5 nitrogen and oxygen atoms in total. The van der Waals surface area contributed by atoms with E-state index >= 15 is 0 Å². The second kappa shape index (κ2) is 13.8. The predicted molar refractivity (Wildman–Crippen MR) is 149 cm³/mol. The highest BCUT2D eigenvalue weighted by Gasteiger charge is 2.37. The summed E-state index contributed by atoms with van der Waals surface area (Å²) in [5.74, 6) is 0. The Kier molecular flexibility index (Phi) is 11.2. The van der Waals surface area contributed by atoms with Crippen molar-refractivity contribution < 1.29 is 19.0 Å². The molecule has 2 atom stereocenters. The van der Waals surface area contributed by atoms with Crippen LogP contribution in [-0.2, 0) is 27.0 Å². The van der Waals surface area contributed by atoms with E-state index in [0.717, 1.165) is 39.1 Å². The highest BCUT2D eigenvalue weighted by atomic mass is 28.4. The molecule has 1 aliphatic heterocycles. The van der Waals surface area contributed by atoms with Crippen molar-refractivity contribution in [3.05, 3.63) is 71.8 Å². The fourth-order valence-corrected chi connectivity index (χ4v) is 5.46. The van der Waals surface area contributed by atoms with E-state index in [9.17, 15) is 5.11 Å². The van der Waals surface area contributed by atoms with Crippen LogP contribution in [0, 0.1) is 0 Å². The number of aliphatic hydroxyl groups is 1. The number of hydrogen-bond donors (Lipinski definition) is 1. The minimum Gasteiger partial charge on any atom is -0.417 e. The molecule has 1 heterocycles. The second-order valence-corrected chi connectivity index (χ2v) is 16.3. The van der Waals surface area contributed by atoms with Gasteiger partial charge in [0.05, 0.1) is 19.3 Å². The van der Waals surface area contributed by atoms with Crippen molar-refractivity contribution in [2.75, 3.05) is 19.8 Å². The molecule has 0 spiro atoms. The Morgan fingerprint density at radius 2 is 1.44 bits per heavy atom. The van der Waals surface area contributed by atoms with E-state index < -0.39 is 14.4 Å². The smallest absolute Gasteiger partial charge is 0.191 e. The molecule has 1 N–H and O–H groups in total. The molecule has 0 unspecified atom stereocenters. The number of ether oxygens (including phenoxy) is 2. The Morgan fingerprint density at radius 1 is 0.917 bits per heavy atom. The second-order valence-electron chi connectivity index (χ2n) is 11.5. The van der Waals surface area contributed by atoms with Crippen LogP contribution in [0.3, 0.4) is 0 Å². The fourth-order valence-electron chi connectivity index (χ4n) is 4.40. The van der Waals surface area contributed by atoms with E-state index in [4.69, 9.17) is 13.9 Å². The standard InChI is InChI=1S/C30H47NO4Si/c1-30(2,3)36(4,5)35-22-19-27(28(32)17-18-29-33-20-12-21-34-29)31(23-25-13-8-6-9-14-25)24-26-15-10-7-11-16-26/h6-11,13-16,27-29,32H,12,17-24H2,1-5H3/t27-,28+/m1/s1. The van der Waals surface area contributed by atoms with Crippen LogP contribution in [0.1, 0.15) is 57.6 Å². The molecule has 0 saturated carbocycles. The first kappa shape index (κ1) is 29.0. The maximum absolute atomic E-state index is 11.6. The normalized spacial score (nSPS) is 17.3. The molecule has 2 aromatic carbocycles. The van der Waals surface area contributed by atoms with Crippen LogP contribution in [0.15, 0.2) is 60.7 Å². The molecule has 6 heteroatoms. The minimum absolute atomic E-state index is 0.0428. The Morgan fingerprint density at radius 3 is 1.94 bits per heavy atom. The van der Waals surface area contributed by atoms with Crippen molar-refractivity contribution in [2.24, 2.45) is 0 Å². The minimum atomic E-state index is -1.87. The molecule has 0 aliphatic carbocycles. The molecule has 200 valence electrons. The van der Waals surface area contributed by atoms with Crippen molar-refractivity contribution in [1.29, 1.82) is 0 Å². The average molecular weight is 514 g/mol. The lowest BCUT2D eigenvalue weighted by atomic mass is 9.99. The van der Waals surface area contributed by atoms with Crippen molar-refractivity contribution in [3.8, 4) is 0 Å². The van der Waals surface area contributed by atoms with Gasteiger partial charge in [-0.2, -0.15) is 0 Å². The highest BCUT2D eigenvalue weighted by Crippen LogP contribution is 2.36. The molecule has 36 heavy (non-hydrogen) atoms. The fraction of sp³-hybridized carbons (Fsp3) is 0.600. The number of benzene rings is 2. The van der Waals surface area contributed by atoms with Gasteiger partial charge in [-0.3, -0.25) is 4.90 Å². The van der Waals surface area contributed by atoms with E-state index in [1.54, 1.807) is 0 Å². The SMILES string of the molecule is CC(C)(C)[Si](C)(C)OCC[C@H]([C@@H](O)CCC1OCCCO1)N(Cc1ccccc1)Cc1ccccc1. The topological polar surface area (TPSA) is 51.2 Å². The molecule has 2 aromatic rings. The number of hydrogen-bond acceptors (Lipinski definition) is 5. The maximum Gasteiger partial charge on any atom is 0.191 e. The van der Waals surface area contributed by atoms with E-state index in [1.165, 1.54) is 11.1 Å². The van der Waals surface area contributed by atoms with Gasteiger partial charge in [0.15, 0.2) is 14.6 Å². The van der Waals surface area contributed by atoms with Gasteiger partial charge >= 0.3 is 0 Å². The summed E-state index contributed by atoms with van der Waals surface area (Å²) < 4.78 is 18.1. The number of nitrogens with zero attached hydrogens (tertiary/aromatic N) is 1. The average Bonchev–Trinajstić information content (AvgIpc) is 2.86. The molecule has 3 rings (SSSR count). The predicted octanol–water partition coefficient (Wildman–Crippen LogP) is 6.37. The van der Waals surface area contributed by atoms with Crippen LogP contribution in [0.4, 0.5) is 0 Å². The summed E-state index contributed by atoms with van der Waals surface area (Å²) in [6.45, 7) is 15.1. The molecule has 0 aromatic heterocycles. The lowest BCUT2D eigenvalue weighted by Gasteiger charge is -2.39. The summed E-state index contributed by atoms with van der Waals surface area (Å²) in [6, 6.07) is 21.0. The van der Waals surface area contributed by atoms with Crippen molar-refractivity contribution in [3.63, 3.8) is 0 Å². The molecular weight excluding hydrogens is 466 g/mol. The third kappa shape index (κ3) is 9.09. The largest absolute Gasteiger partial charge is 0.417 e. The summed E-state index contributed by atoms with van der Waals surface area (Å²) in [5.41, 5.74) is 2.49. The summed E-state index contributed by atoms with van der Waals surface area (Å²) in [6.07, 6.45) is 2.33. The monoisotopic (exact) mass is 513 g/mol. The van der Waals surface area contributed by atoms with Gasteiger partial charge in [-0.1, -0.05) is 81.4 Å². The molecule has 1 aliphatic rings. The van der Waals surface area contributed by atoms with Gasteiger partial charge in [0.2, 0.25) is 0 Å². The number of aliphatic hydroxyl groups excluding tert-OH is 1. The van der Waals surface area contributed by atoms with E-state index in [-0.39, 0.29) is 17.4 Å². The van der Waals surface area contributed by atoms with E-state index in [0.29, 0.717) is 19.4 Å². The van der Waals surface area contributed by atoms with Crippen LogP contribution in [0.2, 0.25) is 18.1 Å². The first-order chi connectivity index (χ1) is 17.2. The van der Waals surface area contributed by atoms with Gasteiger partial charge < -0.3 is 19.0 Å². The zero-order valence-electron chi connectivity index (χ0n) is 23.0. The van der Waals surface area contributed by atoms with Crippen LogP contribution in [0.25, 0.3) is 0 Å². The van der Waals surface area contributed by atoms with Gasteiger partial charge in [0.1, 0.15) is 0 Å². The van der Waals surface area contributed by atoms with Gasteiger partial charge in [-0.15, -0.1) is 0 Å². The van der Waals surface area contributed by atoms with Crippen LogP contribution >= 0.6 is 0 Å². The van der Waals surface area contributed by atoms with Crippen LogP contribution in [-0.4, -0.2) is 56.6 Å². The van der Waals surface area contributed by atoms with Crippen molar-refractivity contribution in [2.45, 2.75) is 96.1 Å². The molecule has 0 amide bonds. The third-order valence-electron chi connectivity index (χ3n) is 7.65. The molecule has 0 bridgehead atoms. The molecule has 0 radical (unpaired) electrons. The highest BCUT2D eigenvalue weighted by molar-refractivity contribution is 6.74. The van der Waals surface area contributed by atoms with Gasteiger partial charge in [-0.25, -0.2) is 0 Å². The third-order valence-corrected chi connectivity index (χ3v) is 12.2. The van der Waals surface area contributed by atoms with Crippen molar-refractivity contribution >= 4 is 8.32 Å². The quantitative estimate of drug-likeness (QED) is 0.315. The lowest BCUT2D eigenvalue weighted by Crippen LogP contribution is -2.46. The zero-order valence-corrected chi connectivity index (χ0v) is 24.0. The molecular formula is C30H47NO4Si. The van der Waals surface area contributed by atoms with Crippen LogP contribution in [0.5, 0.6) is 0 Å². The Hall–Kier alpha value is -1.54. The Bertz CT molecular complexity index is 824. The van der Waals surface area contributed by atoms with Gasteiger partial charge in [0, 0.05) is 32.2 Å². The number of rotatable bonds is 13. The van der Waals surface area contributed by atoms with Crippen LogP contribution < -0.4 is 0 Å². The lowest BCUT2D eigenvalue weighted by molar-refractivity contribution is -0.184. The van der Waals surface area contributed by atoms with Gasteiger partial charge in [0.25, 0.3) is 0 Å². The maximum atomic E-state index is 11.6. The van der Waals surface area contributed by atoms with Crippen molar-refractivity contribution in [1.82, 2.24) is 4.90 Å². The molecule has 1 fully saturated rings. The first-order valence-electron chi connectivity index (χ1n) is 13.5. The van der Waals surface area contributed by atoms with E-state index in [1.807, 2.05) is 0 Å². The zero-order chi connectivity index (χ0) is 26.0. The Balaban J connectivity index is 1.78. The summed E-state index contributed by atoms with van der Waals surface area (Å²) in [7, 11) is -1.87. The van der Waals surface area contributed by atoms with E-state index in [2.05, 4.69) is 99.4 Å². The summed E-state index contributed by atoms with van der Waals surface area (Å²) in [4.78, 5) is 2.42. The Labute approximate surface area is 219 Å². The first-order valence-corrected chi connectivity index (χ1v) is 16.4. The van der Waals surface area contributed by atoms with Gasteiger partial charge in [-0.05, 0) is 48.5 Å².